The first-order valence-electron chi connectivity index (χ1n) is 4.49. The van der Waals surface area contributed by atoms with Gasteiger partial charge in [0, 0.05) is 4.90 Å². The molecule has 0 spiro atoms. The zero-order valence-electron chi connectivity index (χ0n) is 8.92. The fraction of sp³-hybridized carbons (Fsp3) is 0.300. The summed E-state index contributed by atoms with van der Waals surface area (Å²) in [6.07, 6.45) is 0. The van der Waals surface area contributed by atoms with Crippen LogP contribution in [0.2, 0.25) is 0 Å². The predicted molar refractivity (Wildman–Crippen MR) is 54.2 cm³/mol. The van der Waals surface area contributed by atoms with Gasteiger partial charge in [-0.2, -0.15) is 17.6 Å². The number of carbonyl (C=O) groups is 1. The molecule has 0 unspecified atom stereocenters. The summed E-state index contributed by atoms with van der Waals surface area (Å²) >= 11 is -0.546. The molecule has 0 saturated heterocycles. The van der Waals surface area contributed by atoms with Gasteiger partial charge in [-0.1, -0.05) is 0 Å². The number of thioether (sulfide) groups is 1. The van der Waals surface area contributed by atoms with Crippen LogP contribution in [0.1, 0.15) is 0 Å². The monoisotopic (exact) mass is 286 g/mol. The third-order valence-electron chi connectivity index (χ3n) is 1.87. The van der Waals surface area contributed by atoms with Crippen molar-refractivity contribution in [3.63, 3.8) is 0 Å². The Kier molecular flexibility index (Phi) is 4.20. The second-order valence-corrected chi connectivity index (χ2v) is 4.33. The number of hydrogen-bond acceptors (Lipinski definition) is 3. The van der Waals surface area contributed by atoms with E-state index >= 15 is 0 Å². The van der Waals surface area contributed by atoms with Crippen molar-refractivity contribution in [3.8, 4) is 0 Å². The number of halogens is 5. The van der Waals surface area contributed by atoms with Crippen LogP contribution in [0.15, 0.2) is 29.2 Å². The minimum atomic E-state index is -4.97. The average Bonchev–Trinajstić information content (AvgIpc) is 2.30. The molecule has 2 nitrogen and oxygen atoms in total. The summed E-state index contributed by atoms with van der Waals surface area (Å²) in [5.41, 5.74) is 0. The van der Waals surface area contributed by atoms with Gasteiger partial charge in [0.1, 0.15) is 5.82 Å². The van der Waals surface area contributed by atoms with Crippen LogP contribution in [0.4, 0.5) is 22.0 Å². The second-order valence-electron chi connectivity index (χ2n) is 3.14. The van der Waals surface area contributed by atoms with Gasteiger partial charge >= 0.3 is 17.1 Å². The largest absolute Gasteiger partial charge is 0.464 e. The molecule has 18 heavy (non-hydrogen) atoms. The normalized spacial score (nSPS) is 12.3. The van der Waals surface area contributed by atoms with E-state index in [4.69, 9.17) is 0 Å². The number of rotatable bonds is 4. The van der Waals surface area contributed by atoms with Crippen molar-refractivity contribution in [1.82, 2.24) is 0 Å². The van der Waals surface area contributed by atoms with Crippen molar-refractivity contribution in [2.75, 3.05) is 7.11 Å². The maximum Gasteiger partial charge on any atom is 0.414 e. The minimum Gasteiger partial charge on any atom is -0.464 e. The lowest BCUT2D eigenvalue weighted by molar-refractivity contribution is -0.199. The highest BCUT2D eigenvalue weighted by molar-refractivity contribution is 8.00. The first-order valence-corrected chi connectivity index (χ1v) is 5.31. The van der Waals surface area contributed by atoms with Gasteiger partial charge in [-0.3, -0.25) is 0 Å². The summed E-state index contributed by atoms with van der Waals surface area (Å²) < 4.78 is 68.7. The number of benzene rings is 1. The van der Waals surface area contributed by atoms with Gasteiger partial charge in [-0.05, 0) is 36.0 Å². The quantitative estimate of drug-likeness (QED) is 0.482. The van der Waals surface area contributed by atoms with Crippen LogP contribution in [-0.4, -0.2) is 24.3 Å². The van der Waals surface area contributed by atoms with Gasteiger partial charge in [0.25, 0.3) is 0 Å². The van der Waals surface area contributed by atoms with E-state index in [9.17, 15) is 26.7 Å². The molecule has 0 bridgehead atoms. The molecule has 0 aliphatic carbocycles. The van der Waals surface area contributed by atoms with Crippen molar-refractivity contribution in [1.29, 1.82) is 0 Å². The van der Waals surface area contributed by atoms with Crippen molar-refractivity contribution in [3.05, 3.63) is 30.1 Å². The highest BCUT2D eigenvalue weighted by atomic mass is 32.2. The van der Waals surface area contributed by atoms with Gasteiger partial charge in [-0.25, -0.2) is 9.18 Å². The molecule has 0 heterocycles. The molecule has 8 heteroatoms. The topological polar surface area (TPSA) is 26.3 Å². The first kappa shape index (κ1) is 14.7. The van der Waals surface area contributed by atoms with E-state index in [-0.39, 0.29) is 4.90 Å². The Bertz CT molecular complexity index is 432. The Morgan fingerprint density at radius 3 is 2.11 bits per heavy atom. The zero-order valence-corrected chi connectivity index (χ0v) is 9.74. The highest BCUT2D eigenvalue weighted by Gasteiger charge is 2.64. The van der Waals surface area contributed by atoms with E-state index in [1.807, 2.05) is 0 Å². The van der Waals surface area contributed by atoms with Crippen LogP contribution >= 0.6 is 11.8 Å². The van der Waals surface area contributed by atoms with Crippen LogP contribution in [0.3, 0.4) is 0 Å². The van der Waals surface area contributed by atoms with E-state index < -0.39 is 34.7 Å². The Balaban J connectivity index is 2.93. The molecule has 0 aliphatic heterocycles. The standard InChI is InChI=1S/C10H7F5O2S/c1-17-8(16)9(12,13)10(14,15)18-7-4-2-6(11)3-5-7/h2-5H,1H3. The van der Waals surface area contributed by atoms with E-state index in [1.165, 1.54) is 0 Å². The fourth-order valence-electron chi connectivity index (χ4n) is 0.962. The molecule has 0 amide bonds. The maximum atomic E-state index is 13.2. The fourth-order valence-corrected chi connectivity index (χ4v) is 1.74. The van der Waals surface area contributed by atoms with Crippen LogP contribution in [0, 0.1) is 5.82 Å². The minimum absolute atomic E-state index is 0.301. The number of carbonyl (C=O) groups excluding carboxylic acids is 1. The molecular formula is C10H7F5O2S. The van der Waals surface area contributed by atoms with Crippen molar-refractivity contribution in [2.24, 2.45) is 0 Å². The lowest BCUT2D eigenvalue weighted by Gasteiger charge is -2.23. The zero-order chi connectivity index (χ0) is 14.0. The van der Waals surface area contributed by atoms with E-state index in [2.05, 4.69) is 4.74 Å². The molecule has 0 aromatic heterocycles. The van der Waals surface area contributed by atoms with E-state index in [0.717, 1.165) is 24.3 Å². The van der Waals surface area contributed by atoms with Gasteiger partial charge < -0.3 is 4.74 Å². The molecule has 0 fully saturated rings. The predicted octanol–water partition coefficient (Wildman–Crippen LogP) is 3.32. The molecule has 100 valence electrons. The number of ether oxygens (including phenoxy) is 1. The van der Waals surface area contributed by atoms with Crippen LogP contribution in [0.25, 0.3) is 0 Å². The third kappa shape index (κ3) is 2.92. The van der Waals surface area contributed by atoms with Gasteiger partial charge in [0.05, 0.1) is 7.11 Å². The summed E-state index contributed by atoms with van der Waals surface area (Å²) in [6, 6.07) is 3.49. The summed E-state index contributed by atoms with van der Waals surface area (Å²) in [6.45, 7) is 0. The Morgan fingerprint density at radius 1 is 1.17 bits per heavy atom. The van der Waals surface area contributed by atoms with Gasteiger partial charge in [0.2, 0.25) is 0 Å². The molecule has 0 N–H and O–H groups in total. The summed E-state index contributed by atoms with van der Waals surface area (Å²) in [7, 11) is 0.578. The highest BCUT2D eigenvalue weighted by Crippen LogP contribution is 2.47. The van der Waals surface area contributed by atoms with Crippen molar-refractivity contribution >= 4 is 17.7 Å². The summed E-state index contributed by atoms with van der Waals surface area (Å²) in [5.74, 6) is -8.00. The second kappa shape index (κ2) is 5.13. The lowest BCUT2D eigenvalue weighted by atomic mass is 10.3. The summed E-state index contributed by atoms with van der Waals surface area (Å²) in [4.78, 5) is 10.3. The van der Waals surface area contributed by atoms with Crippen LogP contribution < -0.4 is 0 Å². The molecule has 0 atom stereocenters. The van der Waals surface area contributed by atoms with Crippen LogP contribution in [0.5, 0.6) is 0 Å². The van der Waals surface area contributed by atoms with Crippen molar-refractivity contribution < 1.29 is 31.5 Å². The van der Waals surface area contributed by atoms with E-state index in [0.29, 0.717) is 7.11 Å². The van der Waals surface area contributed by atoms with Gasteiger partial charge in [0.15, 0.2) is 0 Å². The maximum absolute atomic E-state index is 13.2. The SMILES string of the molecule is COC(=O)C(F)(F)C(F)(F)Sc1ccc(F)cc1. The lowest BCUT2D eigenvalue weighted by Crippen LogP contribution is -2.45. The molecule has 1 aromatic rings. The average molecular weight is 286 g/mol. The number of methoxy groups -OCH3 is 1. The first-order chi connectivity index (χ1) is 8.20. The Labute approximate surface area is 103 Å². The van der Waals surface area contributed by atoms with Crippen molar-refractivity contribution in [2.45, 2.75) is 16.1 Å². The molecule has 0 saturated carbocycles. The third-order valence-corrected chi connectivity index (χ3v) is 2.89. The molecular weight excluding hydrogens is 279 g/mol. The smallest absolute Gasteiger partial charge is 0.414 e. The summed E-state index contributed by atoms with van der Waals surface area (Å²) in [5, 5.41) is -4.70. The Hall–Kier alpha value is -1.31. The van der Waals surface area contributed by atoms with E-state index in [1.54, 1.807) is 0 Å². The number of hydrogen-bond donors (Lipinski definition) is 0. The number of esters is 1. The molecule has 1 rings (SSSR count). The molecule has 0 radical (unpaired) electrons. The Morgan fingerprint density at radius 2 is 1.67 bits per heavy atom. The van der Waals surface area contributed by atoms with Crippen LogP contribution in [-0.2, 0) is 9.53 Å². The molecule has 0 aliphatic rings. The van der Waals surface area contributed by atoms with Gasteiger partial charge in [-0.15, -0.1) is 0 Å². The molecule has 1 aromatic carbocycles. The number of alkyl halides is 4.